The maximum Gasteiger partial charge on any atom is 0.407 e. The predicted molar refractivity (Wildman–Crippen MR) is 109 cm³/mol. The number of hydrogen-bond donors (Lipinski definition) is 2. The molecule has 2 N–H and O–H groups in total. The summed E-state index contributed by atoms with van der Waals surface area (Å²) in [6.45, 7) is 7.71. The fraction of sp³-hybridized carbons (Fsp3) is 0.579. The highest BCUT2D eigenvalue weighted by Gasteiger charge is 2.27. The number of nitrogens with one attached hydrogen (secondary N) is 2. The maximum absolute atomic E-state index is 13.3. The molecule has 1 aromatic carbocycles. The third kappa shape index (κ3) is 7.01. The second-order valence-corrected chi connectivity index (χ2v) is 8.40. The summed E-state index contributed by atoms with van der Waals surface area (Å²) in [6, 6.07) is 5.06. The highest BCUT2D eigenvalue weighted by atomic mass is 79.9. The summed E-state index contributed by atoms with van der Waals surface area (Å²) >= 11 is 3.21. The third-order valence-corrected chi connectivity index (χ3v) is 4.71. The number of likely N-dealkylation sites (tertiary alicyclic amines) is 1. The molecule has 0 aliphatic carbocycles. The number of rotatable bonds is 4. The molecule has 1 aromatic rings. The number of alkyl carbamates (subject to hydrolysis) is 1. The first-order valence-electron chi connectivity index (χ1n) is 9.07. The van der Waals surface area contributed by atoms with Gasteiger partial charge in [-0.15, -0.1) is 0 Å². The van der Waals surface area contributed by atoms with Gasteiger partial charge in [-0.1, -0.05) is 6.07 Å². The van der Waals surface area contributed by atoms with Gasteiger partial charge in [0.05, 0.1) is 10.5 Å². The Kier molecular flexibility index (Phi) is 7.47. The van der Waals surface area contributed by atoms with Crippen molar-refractivity contribution in [3.8, 4) is 0 Å². The van der Waals surface area contributed by atoms with Crippen LogP contribution in [-0.2, 0) is 11.2 Å². The number of benzene rings is 1. The Hall–Kier alpha value is -1.83. The quantitative estimate of drug-likeness (QED) is 0.554. The van der Waals surface area contributed by atoms with Crippen molar-refractivity contribution in [3.05, 3.63) is 34.1 Å². The van der Waals surface area contributed by atoms with E-state index in [1.54, 1.807) is 19.2 Å². The van der Waals surface area contributed by atoms with E-state index >= 15 is 0 Å². The van der Waals surface area contributed by atoms with Crippen molar-refractivity contribution in [2.24, 2.45) is 4.99 Å². The number of carbonyl (C=O) groups is 1. The van der Waals surface area contributed by atoms with Crippen molar-refractivity contribution in [1.29, 1.82) is 0 Å². The zero-order chi connectivity index (χ0) is 20.0. The number of ether oxygens (including phenoxy) is 1. The minimum absolute atomic E-state index is 0.0338. The van der Waals surface area contributed by atoms with Crippen LogP contribution in [0.3, 0.4) is 0 Å². The van der Waals surface area contributed by atoms with Crippen LogP contribution in [0.2, 0.25) is 0 Å². The van der Waals surface area contributed by atoms with Crippen molar-refractivity contribution in [2.75, 3.05) is 26.7 Å². The molecule has 1 aliphatic rings. The summed E-state index contributed by atoms with van der Waals surface area (Å²) in [5, 5.41) is 6.24. The van der Waals surface area contributed by atoms with Gasteiger partial charge in [-0.05, 0) is 67.2 Å². The number of amides is 1. The minimum atomic E-state index is -0.505. The Bertz CT molecular complexity index is 691. The fourth-order valence-electron chi connectivity index (χ4n) is 2.89. The van der Waals surface area contributed by atoms with E-state index in [2.05, 4.69) is 36.5 Å². The van der Waals surface area contributed by atoms with Gasteiger partial charge in [-0.25, -0.2) is 9.18 Å². The average molecular weight is 443 g/mol. The van der Waals surface area contributed by atoms with Crippen molar-refractivity contribution < 1.29 is 13.9 Å². The zero-order valence-corrected chi connectivity index (χ0v) is 17.9. The lowest BCUT2D eigenvalue weighted by Crippen LogP contribution is -2.44. The van der Waals surface area contributed by atoms with Gasteiger partial charge in [0.25, 0.3) is 0 Å². The number of aliphatic imine (C=N–C) groups is 1. The first-order chi connectivity index (χ1) is 12.7. The van der Waals surface area contributed by atoms with E-state index in [-0.39, 0.29) is 18.0 Å². The molecule has 0 radical (unpaired) electrons. The van der Waals surface area contributed by atoms with Gasteiger partial charge < -0.3 is 20.3 Å². The first kappa shape index (κ1) is 21.5. The Morgan fingerprint density at radius 1 is 1.44 bits per heavy atom. The largest absolute Gasteiger partial charge is 0.444 e. The Morgan fingerprint density at radius 2 is 2.19 bits per heavy atom. The summed E-state index contributed by atoms with van der Waals surface area (Å²) in [6.07, 6.45) is 1.20. The lowest BCUT2D eigenvalue weighted by molar-refractivity contribution is 0.0507. The molecule has 1 saturated heterocycles. The molecule has 6 nitrogen and oxygen atoms in total. The Balaban J connectivity index is 1.79. The van der Waals surface area contributed by atoms with Crippen LogP contribution in [0.5, 0.6) is 0 Å². The van der Waals surface area contributed by atoms with E-state index in [1.165, 1.54) is 6.07 Å². The van der Waals surface area contributed by atoms with E-state index in [1.807, 2.05) is 20.8 Å². The molecule has 1 fully saturated rings. The minimum Gasteiger partial charge on any atom is -0.444 e. The van der Waals surface area contributed by atoms with Crippen LogP contribution in [0.1, 0.15) is 32.8 Å². The predicted octanol–water partition coefficient (Wildman–Crippen LogP) is 3.31. The number of carbonyl (C=O) groups excluding carboxylic acids is 1. The molecule has 1 unspecified atom stereocenters. The Labute approximate surface area is 168 Å². The van der Waals surface area contributed by atoms with E-state index in [4.69, 9.17) is 4.74 Å². The molecular weight excluding hydrogens is 415 g/mol. The molecule has 27 heavy (non-hydrogen) atoms. The average Bonchev–Trinajstić information content (AvgIpc) is 3.01. The fourth-order valence-corrected chi connectivity index (χ4v) is 3.32. The SMILES string of the molecule is CN=C(NCCc1ccc(F)c(Br)c1)N1CCC(NC(=O)OC(C)(C)C)C1. The molecule has 1 heterocycles. The van der Waals surface area contributed by atoms with Gasteiger partial charge in [-0.3, -0.25) is 4.99 Å². The first-order valence-corrected chi connectivity index (χ1v) is 9.86. The van der Waals surface area contributed by atoms with Crippen LogP contribution in [0.15, 0.2) is 27.7 Å². The second kappa shape index (κ2) is 9.39. The Morgan fingerprint density at radius 3 is 2.81 bits per heavy atom. The van der Waals surface area contributed by atoms with Crippen LogP contribution in [-0.4, -0.2) is 55.3 Å². The number of hydrogen-bond acceptors (Lipinski definition) is 3. The molecule has 1 aliphatic heterocycles. The van der Waals surface area contributed by atoms with Gasteiger partial charge in [0, 0.05) is 26.7 Å². The van der Waals surface area contributed by atoms with Crippen LogP contribution >= 0.6 is 15.9 Å². The van der Waals surface area contributed by atoms with Crippen molar-refractivity contribution in [2.45, 2.75) is 45.3 Å². The van der Waals surface area contributed by atoms with Crippen LogP contribution < -0.4 is 10.6 Å². The van der Waals surface area contributed by atoms with Crippen LogP contribution in [0, 0.1) is 5.82 Å². The maximum atomic E-state index is 13.3. The number of guanidine groups is 1. The van der Waals surface area contributed by atoms with Gasteiger partial charge in [0.2, 0.25) is 0 Å². The van der Waals surface area contributed by atoms with Gasteiger partial charge in [0.1, 0.15) is 11.4 Å². The number of halogens is 2. The van der Waals surface area contributed by atoms with Crippen LogP contribution in [0.25, 0.3) is 0 Å². The molecule has 2 rings (SSSR count). The molecular formula is C19H28BrFN4O2. The standard InChI is InChI=1S/C19H28BrFN4O2/c1-19(2,3)27-18(26)24-14-8-10-25(12-14)17(22-4)23-9-7-13-5-6-16(21)15(20)11-13/h5-6,11,14H,7-10,12H2,1-4H3,(H,22,23)(H,24,26). The van der Waals surface area contributed by atoms with Gasteiger partial charge >= 0.3 is 6.09 Å². The summed E-state index contributed by atoms with van der Waals surface area (Å²) in [4.78, 5) is 18.4. The molecule has 0 spiro atoms. The molecule has 0 aromatic heterocycles. The van der Waals surface area contributed by atoms with Crippen LogP contribution in [0.4, 0.5) is 9.18 Å². The van der Waals surface area contributed by atoms with E-state index in [9.17, 15) is 9.18 Å². The highest BCUT2D eigenvalue weighted by molar-refractivity contribution is 9.10. The van der Waals surface area contributed by atoms with E-state index in [0.29, 0.717) is 17.6 Å². The second-order valence-electron chi connectivity index (χ2n) is 7.55. The summed E-state index contributed by atoms with van der Waals surface area (Å²) in [5.41, 5.74) is 0.534. The normalized spacial score (nSPS) is 17.8. The molecule has 150 valence electrons. The third-order valence-electron chi connectivity index (χ3n) is 4.10. The molecule has 1 atom stereocenters. The summed E-state index contributed by atoms with van der Waals surface area (Å²) in [7, 11) is 1.74. The van der Waals surface area contributed by atoms with E-state index < -0.39 is 5.60 Å². The smallest absolute Gasteiger partial charge is 0.407 e. The molecule has 1 amide bonds. The lowest BCUT2D eigenvalue weighted by Gasteiger charge is -2.23. The number of nitrogens with zero attached hydrogens (tertiary/aromatic N) is 2. The monoisotopic (exact) mass is 442 g/mol. The molecule has 8 heteroatoms. The van der Waals surface area contributed by atoms with Crippen molar-refractivity contribution in [1.82, 2.24) is 15.5 Å². The van der Waals surface area contributed by atoms with E-state index in [0.717, 1.165) is 30.9 Å². The van der Waals surface area contributed by atoms with Crippen molar-refractivity contribution in [3.63, 3.8) is 0 Å². The zero-order valence-electron chi connectivity index (χ0n) is 16.3. The summed E-state index contributed by atoms with van der Waals surface area (Å²) < 4.78 is 19.1. The highest BCUT2D eigenvalue weighted by Crippen LogP contribution is 2.17. The van der Waals surface area contributed by atoms with Gasteiger partial charge in [-0.2, -0.15) is 0 Å². The molecule has 0 bridgehead atoms. The lowest BCUT2D eigenvalue weighted by atomic mass is 10.1. The van der Waals surface area contributed by atoms with Gasteiger partial charge in [0.15, 0.2) is 5.96 Å². The topological polar surface area (TPSA) is 66.0 Å². The van der Waals surface area contributed by atoms with Crippen molar-refractivity contribution >= 4 is 28.0 Å². The summed E-state index contributed by atoms with van der Waals surface area (Å²) in [5.74, 6) is 0.535. The molecule has 0 saturated carbocycles.